The molecule has 0 spiro atoms. The zero-order chi connectivity index (χ0) is 16.7. The van der Waals surface area contributed by atoms with Crippen LogP contribution in [0.1, 0.15) is 40.0 Å². The van der Waals surface area contributed by atoms with E-state index in [0.717, 1.165) is 45.5 Å². The van der Waals surface area contributed by atoms with Gasteiger partial charge in [0.05, 0.1) is 17.1 Å². The summed E-state index contributed by atoms with van der Waals surface area (Å²) in [6.07, 6.45) is 5.44. The minimum atomic E-state index is -0.466. The van der Waals surface area contributed by atoms with Crippen molar-refractivity contribution in [1.29, 1.82) is 5.26 Å². The summed E-state index contributed by atoms with van der Waals surface area (Å²) in [6, 6.07) is 5.88. The molecular formula is C18H16ClN3O. The number of nitriles is 1. The van der Waals surface area contributed by atoms with Gasteiger partial charge in [-0.2, -0.15) is 5.26 Å². The summed E-state index contributed by atoms with van der Waals surface area (Å²) < 4.78 is 1.82. The molecule has 1 aromatic heterocycles. The van der Waals surface area contributed by atoms with Crippen LogP contribution < -0.4 is 5.73 Å². The number of nitrogens with zero attached hydrogens (tertiary/aromatic N) is 2. The van der Waals surface area contributed by atoms with Crippen molar-refractivity contribution in [2.45, 2.75) is 19.8 Å². The van der Waals surface area contributed by atoms with Crippen LogP contribution in [0.5, 0.6) is 0 Å². The van der Waals surface area contributed by atoms with Crippen molar-refractivity contribution in [2.24, 2.45) is 12.8 Å². The highest BCUT2D eigenvalue weighted by Crippen LogP contribution is 2.36. The third-order valence-corrected chi connectivity index (χ3v) is 4.66. The molecule has 0 saturated heterocycles. The van der Waals surface area contributed by atoms with Gasteiger partial charge in [0.25, 0.3) is 5.91 Å². The number of hydrogen-bond donors (Lipinski definition) is 1. The zero-order valence-corrected chi connectivity index (χ0v) is 13.7. The van der Waals surface area contributed by atoms with Crippen LogP contribution in [0.25, 0.3) is 16.5 Å². The Labute approximate surface area is 139 Å². The molecule has 1 aromatic carbocycles. The summed E-state index contributed by atoms with van der Waals surface area (Å²) in [7, 11) is 1.83. The third kappa shape index (κ3) is 2.43. The standard InChI is InChI=1S/C18H16ClN3O/c1-10-14-7-11(9-20)8-15(12-3-5-13(19)6-4-12)17(14)22(2)16(10)18(21)23/h3,5,7-8H,4,6H2,1-2H3,(H2,21,23). The van der Waals surface area contributed by atoms with E-state index in [1.165, 1.54) is 0 Å². The van der Waals surface area contributed by atoms with Gasteiger partial charge in [-0.05, 0) is 49.1 Å². The van der Waals surface area contributed by atoms with Crippen molar-refractivity contribution in [3.8, 4) is 6.07 Å². The normalized spacial score (nSPS) is 14.3. The fourth-order valence-corrected chi connectivity index (χ4v) is 3.43. The number of halogens is 1. The highest BCUT2D eigenvalue weighted by Gasteiger charge is 2.21. The number of fused-ring (bicyclic) bond motifs is 1. The van der Waals surface area contributed by atoms with E-state index in [4.69, 9.17) is 17.3 Å². The molecule has 0 saturated carbocycles. The van der Waals surface area contributed by atoms with E-state index in [0.29, 0.717) is 11.3 Å². The molecule has 4 nitrogen and oxygen atoms in total. The number of allylic oxidation sites excluding steroid dienone is 4. The molecule has 1 aliphatic rings. The van der Waals surface area contributed by atoms with Crippen molar-refractivity contribution in [3.63, 3.8) is 0 Å². The van der Waals surface area contributed by atoms with Crippen LogP contribution in [-0.4, -0.2) is 10.5 Å². The van der Waals surface area contributed by atoms with E-state index >= 15 is 0 Å². The van der Waals surface area contributed by atoms with Crippen molar-refractivity contribution in [2.75, 3.05) is 0 Å². The van der Waals surface area contributed by atoms with Gasteiger partial charge in [-0.25, -0.2) is 0 Å². The smallest absolute Gasteiger partial charge is 0.265 e. The Morgan fingerprint density at radius 2 is 2.09 bits per heavy atom. The van der Waals surface area contributed by atoms with Gasteiger partial charge < -0.3 is 10.3 Å². The molecule has 2 N–H and O–H groups in total. The number of aryl methyl sites for hydroxylation is 2. The molecule has 23 heavy (non-hydrogen) atoms. The van der Waals surface area contributed by atoms with Crippen molar-refractivity contribution >= 4 is 34.0 Å². The SMILES string of the molecule is Cc1c(C(N)=O)n(C)c2c(C3=CC=C(Cl)CC3)cc(C#N)cc12. The van der Waals surface area contributed by atoms with Crippen LogP contribution in [0.4, 0.5) is 0 Å². The second kappa shape index (κ2) is 5.60. The lowest BCUT2D eigenvalue weighted by atomic mass is 9.93. The van der Waals surface area contributed by atoms with Crippen molar-refractivity contribution < 1.29 is 4.79 Å². The lowest BCUT2D eigenvalue weighted by molar-refractivity contribution is 0.0992. The van der Waals surface area contributed by atoms with E-state index in [1.54, 1.807) is 0 Å². The number of carbonyl (C=O) groups is 1. The van der Waals surface area contributed by atoms with Crippen LogP contribution in [0.15, 0.2) is 29.3 Å². The molecule has 2 aromatic rings. The Morgan fingerprint density at radius 3 is 2.65 bits per heavy atom. The largest absolute Gasteiger partial charge is 0.364 e. The Kier molecular flexibility index (Phi) is 3.75. The molecule has 0 bridgehead atoms. The highest BCUT2D eigenvalue weighted by atomic mass is 35.5. The van der Waals surface area contributed by atoms with E-state index < -0.39 is 5.91 Å². The second-order valence-corrected chi connectivity index (χ2v) is 6.22. The first-order chi connectivity index (χ1) is 10.9. The first-order valence-corrected chi connectivity index (χ1v) is 7.70. The van der Waals surface area contributed by atoms with Crippen LogP contribution in [0.2, 0.25) is 0 Å². The van der Waals surface area contributed by atoms with Crippen molar-refractivity contribution in [3.05, 3.63) is 51.7 Å². The van der Waals surface area contributed by atoms with Gasteiger partial charge in [0, 0.05) is 23.0 Å². The van der Waals surface area contributed by atoms with Gasteiger partial charge >= 0.3 is 0 Å². The lowest BCUT2D eigenvalue weighted by Gasteiger charge is -2.14. The molecule has 0 fully saturated rings. The van der Waals surface area contributed by atoms with Crippen LogP contribution in [0.3, 0.4) is 0 Å². The summed E-state index contributed by atoms with van der Waals surface area (Å²) in [5, 5.41) is 11.0. The molecular weight excluding hydrogens is 310 g/mol. The number of nitrogens with two attached hydrogens (primary N) is 1. The quantitative estimate of drug-likeness (QED) is 0.913. The van der Waals surface area contributed by atoms with E-state index in [9.17, 15) is 10.1 Å². The number of primary amides is 1. The van der Waals surface area contributed by atoms with Gasteiger partial charge in [0.15, 0.2) is 0 Å². The molecule has 3 rings (SSSR count). The predicted molar refractivity (Wildman–Crippen MR) is 92.0 cm³/mol. The van der Waals surface area contributed by atoms with E-state index in [1.807, 2.05) is 42.8 Å². The van der Waals surface area contributed by atoms with Gasteiger partial charge in [0.2, 0.25) is 0 Å². The zero-order valence-electron chi connectivity index (χ0n) is 13.0. The molecule has 0 unspecified atom stereocenters. The first kappa shape index (κ1) is 15.4. The minimum absolute atomic E-state index is 0.466. The van der Waals surface area contributed by atoms with Gasteiger partial charge in [-0.1, -0.05) is 17.7 Å². The monoisotopic (exact) mass is 325 g/mol. The molecule has 5 heteroatoms. The minimum Gasteiger partial charge on any atom is -0.364 e. The summed E-state index contributed by atoms with van der Waals surface area (Å²) in [4.78, 5) is 11.8. The fourth-order valence-electron chi connectivity index (χ4n) is 3.27. The Balaban J connectivity index is 2.40. The number of hydrogen-bond acceptors (Lipinski definition) is 2. The van der Waals surface area contributed by atoms with Crippen LogP contribution in [-0.2, 0) is 7.05 Å². The van der Waals surface area contributed by atoms with E-state index in [2.05, 4.69) is 6.07 Å². The highest BCUT2D eigenvalue weighted by molar-refractivity contribution is 6.30. The van der Waals surface area contributed by atoms with E-state index in [-0.39, 0.29) is 0 Å². The molecule has 0 atom stereocenters. The number of aromatic nitrogens is 1. The van der Waals surface area contributed by atoms with Gasteiger partial charge in [-0.15, -0.1) is 0 Å². The number of rotatable bonds is 2. The second-order valence-electron chi connectivity index (χ2n) is 5.73. The van der Waals surface area contributed by atoms with Crippen LogP contribution >= 0.6 is 11.6 Å². The number of amides is 1. The molecule has 1 heterocycles. The Bertz CT molecular complexity index is 942. The molecule has 116 valence electrons. The average Bonchev–Trinajstić information content (AvgIpc) is 2.78. The van der Waals surface area contributed by atoms with Gasteiger partial charge in [0.1, 0.15) is 5.69 Å². The average molecular weight is 326 g/mol. The van der Waals surface area contributed by atoms with Crippen LogP contribution in [0, 0.1) is 18.3 Å². The fraction of sp³-hybridized carbons (Fsp3) is 0.222. The summed E-state index contributed by atoms with van der Waals surface area (Å²) in [5.41, 5.74) is 10.4. The van der Waals surface area contributed by atoms with Gasteiger partial charge in [-0.3, -0.25) is 4.79 Å². The molecule has 0 radical (unpaired) electrons. The summed E-state index contributed by atoms with van der Waals surface area (Å²) in [5.74, 6) is -0.466. The first-order valence-electron chi connectivity index (χ1n) is 7.32. The maximum Gasteiger partial charge on any atom is 0.265 e. The topological polar surface area (TPSA) is 71.8 Å². The Hall–Kier alpha value is -2.51. The predicted octanol–water partition coefficient (Wildman–Crippen LogP) is 3.76. The molecule has 0 aliphatic heterocycles. The lowest BCUT2D eigenvalue weighted by Crippen LogP contribution is -2.16. The summed E-state index contributed by atoms with van der Waals surface area (Å²) >= 11 is 6.05. The molecule has 1 aliphatic carbocycles. The number of benzene rings is 1. The maximum absolute atomic E-state index is 11.8. The number of carbonyl (C=O) groups excluding carboxylic acids is 1. The maximum atomic E-state index is 11.8. The van der Waals surface area contributed by atoms with Crippen molar-refractivity contribution in [1.82, 2.24) is 4.57 Å². The Morgan fingerprint density at radius 1 is 1.35 bits per heavy atom. The summed E-state index contributed by atoms with van der Waals surface area (Å²) in [6.45, 7) is 1.86. The third-order valence-electron chi connectivity index (χ3n) is 4.35. The molecule has 1 amide bonds.